The largest absolute Gasteiger partial charge is 0.206 e. The van der Waals surface area contributed by atoms with Crippen molar-refractivity contribution in [3.05, 3.63) is 59.4 Å². The number of aryl methyl sites for hydroxylation is 1. The van der Waals surface area contributed by atoms with Gasteiger partial charge in [0.05, 0.1) is 0 Å². The van der Waals surface area contributed by atoms with Crippen LogP contribution in [0.4, 0.5) is 4.39 Å². The molecule has 2 aromatic rings. The molecule has 1 heteroatoms. The monoisotopic (exact) mass is 338 g/mol. The van der Waals surface area contributed by atoms with E-state index >= 15 is 0 Å². The average molecular weight is 339 g/mol. The van der Waals surface area contributed by atoms with E-state index in [-0.39, 0.29) is 5.82 Å². The lowest BCUT2D eigenvalue weighted by Gasteiger charge is -2.29. The van der Waals surface area contributed by atoms with Crippen LogP contribution in [-0.4, -0.2) is 0 Å². The standard InChI is InChI=1S/C24H31F/c1-3-5-6-19-9-11-20(12-10-19)22-15-16-23(24(25)17-22)21-13-7-18(4-2)8-14-21/h7-8,13-17,19-20H,3-6,9-12H2,1-2H3. The van der Waals surface area contributed by atoms with Gasteiger partial charge in [-0.2, -0.15) is 0 Å². The van der Waals surface area contributed by atoms with Crippen molar-refractivity contribution in [3.63, 3.8) is 0 Å². The summed E-state index contributed by atoms with van der Waals surface area (Å²) in [5.41, 5.74) is 4.19. The SMILES string of the molecule is CCCCC1CCC(c2ccc(-c3ccc(CC)cc3)c(F)c2)CC1. The van der Waals surface area contributed by atoms with Crippen molar-refractivity contribution in [2.24, 2.45) is 5.92 Å². The molecule has 1 saturated carbocycles. The number of hydrogen-bond acceptors (Lipinski definition) is 0. The molecule has 0 saturated heterocycles. The predicted molar refractivity (Wildman–Crippen MR) is 105 cm³/mol. The summed E-state index contributed by atoms with van der Waals surface area (Å²) in [7, 11) is 0. The molecule has 0 nitrogen and oxygen atoms in total. The minimum Gasteiger partial charge on any atom is -0.206 e. The van der Waals surface area contributed by atoms with Gasteiger partial charge in [0.15, 0.2) is 0 Å². The summed E-state index contributed by atoms with van der Waals surface area (Å²) in [5, 5.41) is 0. The summed E-state index contributed by atoms with van der Waals surface area (Å²) in [4.78, 5) is 0. The van der Waals surface area contributed by atoms with Crippen LogP contribution in [0.3, 0.4) is 0 Å². The lowest BCUT2D eigenvalue weighted by Crippen LogP contribution is -2.13. The first-order valence-corrected chi connectivity index (χ1v) is 10.1. The van der Waals surface area contributed by atoms with Crippen molar-refractivity contribution in [1.29, 1.82) is 0 Å². The second-order valence-corrected chi connectivity index (χ2v) is 7.65. The molecule has 0 aliphatic heterocycles. The van der Waals surface area contributed by atoms with Gasteiger partial charge < -0.3 is 0 Å². The van der Waals surface area contributed by atoms with Crippen molar-refractivity contribution in [2.45, 2.75) is 71.1 Å². The highest BCUT2D eigenvalue weighted by Gasteiger charge is 2.22. The minimum atomic E-state index is -0.0742. The maximum atomic E-state index is 14.7. The van der Waals surface area contributed by atoms with Gasteiger partial charge in [-0.15, -0.1) is 0 Å². The molecule has 0 amide bonds. The van der Waals surface area contributed by atoms with E-state index in [0.717, 1.165) is 23.5 Å². The second kappa shape index (κ2) is 8.65. The summed E-state index contributed by atoms with van der Waals surface area (Å²) in [6.07, 6.45) is 10.1. The number of unbranched alkanes of at least 4 members (excludes halogenated alkanes) is 1. The Morgan fingerprint density at radius 3 is 2.24 bits per heavy atom. The van der Waals surface area contributed by atoms with Crippen LogP contribution in [0.1, 0.15) is 75.8 Å². The fourth-order valence-electron chi connectivity index (χ4n) is 4.22. The Kier molecular flexibility index (Phi) is 6.29. The van der Waals surface area contributed by atoms with E-state index in [1.165, 1.54) is 56.1 Å². The van der Waals surface area contributed by atoms with Crippen molar-refractivity contribution >= 4 is 0 Å². The molecule has 1 aliphatic rings. The first-order chi connectivity index (χ1) is 12.2. The number of halogens is 1. The van der Waals surface area contributed by atoms with E-state index in [0.29, 0.717) is 5.92 Å². The lowest BCUT2D eigenvalue weighted by molar-refractivity contribution is 0.304. The molecule has 0 radical (unpaired) electrons. The zero-order valence-electron chi connectivity index (χ0n) is 15.7. The van der Waals surface area contributed by atoms with Gasteiger partial charge in [-0.3, -0.25) is 0 Å². The molecule has 2 aromatic carbocycles. The van der Waals surface area contributed by atoms with Crippen molar-refractivity contribution < 1.29 is 4.39 Å². The smallest absolute Gasteiger partial charge is 0.131 e. The van der Waals surface area contributed by atoms with Gasteiger partial charge in [-0.05, 0) is 66.7 Å². The Balaban J connectivity index is 1.67. The quantitative estimate of drug-likeness (QED) is 0.511. The molecular formula is C24H31F. The number of benzene rings is 2. The topological polar surface area (TPSA) is 0 Å². The first kappa shape index (κ1) is 18.2. The zero-order valence-corrected chi connectivity index (χ0v) is 15.7. The maximum Gasteiger partial charge on any atom is 0.131 e. The van der Waals surface area contributed by atoms with Gasteiger partial charge in [-0.1, -0.05) is 69.5 Å². The Labute approximate surface area is 152 Å². The summed E-state index contributed by atoms with van der Waals surface area (Å²) >= 11 is 0. The summed E-state index contributed by atoms with van der Waals surface area (Å²) < 4.78 is 14.7. The third-order valence-electron chi connectivity index (χ3n) is 5.95. The zero-order chi connectivity index (χ0) is 17.6. The number of rotatable bonds is 6. The molecular weight excluding hydrogens is 307 g/mol. The number of hydrogen-bond donors (Lipinski definition) is 0. The molecule has 25 heavy (non-hydrogen) atoms. The third kappa shape index (κ3) is 4.51. The minimum absolute atomic E-state index is 0.0742. The van der Waals surface area contributed by atoms with E-state index in [2.05, 4.69) is 32.0 Å². The highest BCUT2D eigenvalue weighted by Crippen LogP contribution is 2.38. The molecule has 0 atom stereocenters. The molecule has 134 valence electrons. The van der Waals surface area contributed by atoms with E-state index in [1.807, 2.05) is 18.2 Å². The molecule has 0 aromatic heterocycles. The van der Waals surface area contributed by atoms with Crippen LogP contribution in [0, 0.1) is 11.7 Å². The Morgan fingerprint density at radius 2 is 1.64 bits per heavy atom. The van der Waals surface area contributed by atoms with Crippen molar-refractivity contribution in [3.8, 4) is 11.1 Å². The lowest BCUT2D eigenvalue weighted by atomic mass is 9.77. The van der Waals surface area contributed by atoms with E-state index in [4.69, 9.17) is 0 Å². The molecule has 0 spiro atoms. The van der Waals surface area contributed by atoms with Gasteiger partial charge in [-0.25, -0.2) is 4.39 Å². The molecule has 0 bridgehead atoms. The average Bonchev–Trinajstić information content (AvgIpc) is 2.67. The second-order valence-electron chi connectivity index (χ2n) is 7.65. The van der Waals surface area contributed by atoms with Crippen LogP contribution in [0.5, 0.6) is 0 Å². The molecule has 1 fully saturated rings. The van der Waals surface area contributed by atoms with E-state index < -0.39 is 0 Å². The van der Waals surface area contributed by atoms with Gasteiger partial charge in [0.25, 0.3) is 0 Å². The van der Waals surface area contributed by atoms with Gasteiger partial charge >= 0.3 is 0 Å². The van der Waals surface area contributed by atoms with Crippen molar-refractivity contribution in [1.82, 2.24) is 0 Å². The molecule has 0 N–H and O–H groups in total. The van der Waals surface area contributed by atoms with Crippen molar-refractivity contribution in [2.75, 3.05) is 0 Å². The molecule has 3 rings (SSSR count). The Hall–Kier alpha value is -1.63. The van der Waals surface area contributed by atoms with Gasteiger partial charge in [0.1, 0.15) is 5.82 Å². The Bertz CT molecular complexity index is 663. The van der Waals surface area contributed by atoms with Crippen LogP contribution >= 0.6 is 0 Å². The Morgan fingerprint density at radius 1 is 0.920 bits per heavy atom. The third-order valence-corrected chi connectivity index (χ3v) is 5.95. The van der Waals surface area contributed by atoms with Crippen LogP contribution in [0.2, 0.25) is 0 Å². The fourth-order valence-corrected chi connectivity index (χ4v) is 4.22. The van der Waals surface area contributed by atoms with Gasteiger partial charge in [0.2, 0.25) is 0 Å². The van der Waals surface area contributed by atoms with Crippen LogP contribution in [0.25, 0.3) is 11.1 Å². The molecule has 0 heterocycles. The highest BCUT2D eigenvalue weighted by molar-refractivity contribution is 5.65. The van der Waals surface area contributed by atoms with Crippen LogP contribution in [-0.2, 0) is 6.42 Å². The predicted octanol–water partition coefficient (Wildman–Crippen LogP) is 7.52. The molecule has 1 aliphatic carbocycles. The summed E-state index contributed by atoms with van der Waals surface area (Å²) in [6.45, 7) is 4.41. The molecule has 0 unspecified atom stereocenters. The van der Waals surface area contributed by atoms with E-state index in [9.17, 15) is 4.39 Å². The maximum absolute atomic E-state index is 14.7. The van der Waals surface area contributed by atoms with Gasteiger partial charge in [0, 0.05) is 5.56 Å². The fraction of sp³-hybridized carbons (Fsp3) is 0.500. The summed E-state index contributed by atoms with van der Waals surface area (Å²) in [6, 6.07) is 14.2. The van der Waals surface area contributed by atoms with Crippen LogP contribution in [0.15, 0.2) is 42.5 Å². The van der Waals surface area contributed by atoms with E-state index in [1.54, 1.807) is 6.07 Å². The van der Waals surface area contributed by atoms with Crippen LogP contribution < -0.4 is 0 Å². The highest BCUT2D eigenvalue weighted by atomic mass is 19.1. The first-order valence-electron chi connectivity index (χ1n) is 10.1. The summed E-state index contributed by atoms with van der Waals surface area (Å²) in [5.74, 6) is 1.37. The normalized spacial score (nSPS) is 20.6.